The number of benzene rings is 1. The van der Waals surface area contributed by atoms with Crippen molar-refractivity contribution in [3.05, 3.63) is 36.5 Å². The number of nitrogens with one attached hydrogen (secondary N) is 2. The molecular weight excluding hydrogens is 204 g/mol. The van der Waals surface area contributed by atoms with E-state index in [4.69, 9.17) is 4.74 Å². The van der Waals surface area contributed by atoms with Gasteiger partial charge in [-0.25, -0.2) is 4.79 Å². The molecule has 1 aromatic rings. The maximum atomic E-state index is 11.6. The van der Waals surface area contributed by atoms with Crippen LogP contribution in [-0.2, 0) is 4.74 Å². The molecule has 1 aromatic carbocycles. The molecule has 0 heterocycles. The van der Waals surface area contributed by atoms with Crippen LogP contribution in [0, 0.1) is 0 Å². The monoisotopic (exact) mass is 220 g/mol. The predicted molar refractivity (Wildman–Crippen MR) is 65.8 cm³/mol. The largest absolute Gasteiger partial charge is 0.462 e. The third-order valence-corrected chi connectivity index (χ3v) is 2.05. The van der Waals surface area contributed by atoms with Gasteiger partial charge in [0.1, 0.15) is 0 Å². The van der Waals surface area contributed by atoms with Crippen molar-refractivity contribution >= 4 is 17.3 Å². The zero-order chi connectivity index (χ0) is 12.0. The highest BCUT2D eigenvalue weighted by molar-refractivity contribution is 5.96. The van der Waals surface area contributed by atoms with E-state index in [0.717, 1.165) is 11.4 Å². The fraction of sp³-hybridized carbons (Fsp3) is 0.250. The Morgan fingerprint density at radius 3 is 2.88 bits per heavy atom. The van der Waals surface area contributed by atoms with Crippen LogP contribution in [0.4, 0.5) is 11.4 Å². The maximum Gasteiger partial charge on any atom is 0.340 e. The molecule has 0 saturated heterocycles. The van der Waals surface area contributed by atoms with E-state index >= 15 is 0 Å². The molecule has 0 aliphatic heterocycles. The Balaban J connectivity index is 3.01. The van der Waals surface area contributed by atoms with E-state index in [9.17, 15) is 4.79 Å². The van der Waals surface area contributed by atoms with Crippen LogP contribution in [0.1, 0.15) is 17.3 Å². The zero-order valence-corrected chi connectivity index (χ0v) is 9.54. The minimum Gasteiger partial charge on any atom is -0.462 e. The molecule has 0 amide bonds. The van der Waals surface area contributed by atoms with E-state index in [2.05, 4.69) is 17.2 Å². The lowest BCUT2D eigenvalue weighted by Crippen LogP contribution is -2.08. The third-order valence-electron chi connectivity index (χ3n) is 2.05. The molecule has 4 heteroatoms. The van der Waals surface area contributed by atoms with E-state index in [1.165, 1.54) is 0 Å². The first-order valence-electron chi connectivity index (χ1n) is 5.09. The van der Waals surface area contributed by atoms with Crippen LogP contribution in [0.15, 0.2) is 31.0 Å². The molecule has 0 saturated carbocycles. The van der Waals surface area contributed by atoms with Crippen LogP contribution < -0.4 is 10.6 Å². The minimum atomic E-state index is -0.322. The first-order chi connectivity index (χ1) is 7.72. The van der Waals surface area contributed by atoms with E-state index in [1.54, 1.807) is 32.3 Å². The quantitative estimate of drug-likeness (QED) is 0.748. The summed E-state index contributed by atoms with van der Waals surface area (Å²) in [6.45, 7) is 5.73. The summed E-state index contributed by atoms with van der Waals surface area (Å²) in [6, 6.07) is 5.35. The Morgan fingerprint density at radius 1 is 1.56 bits per heavy atom. The Hall–Kier alpha value is -1.97. The number of rotatable bonds is 5. The van der Waals surface area contributed by atoms with Gasteiger partial charge in [-0.3, -0.25) is 0 Å². The van der Waals surface area contributed by atoms with Crippen LogP contribution in [0.5, 0.6) is 0 Å². The highest BCUT2D eigenvalue weighted by atomic mass is 16.5. The van der Waals surface area contributed by atoms with E-state index < -0.39 is 0 Å². The van der Waals surface area contributed by atoms with Gasteiger partial charge in [0.25, 0.3) is 0 Å². The van der Waals surface area contributed by atoms with Gasteiger partial charge >= 0.3 is 5.97 Å². The summed E-state index contributed by atoms with van der Waals surface area (Å²) in [7, 11) is 1.76. The van der Waals surface area contributed by atoms with Crippen LogP contribution >= 0.6 is 0 Å². The van der Waals surface area contributed by atoms with Crippen LogP contribution in [0.2, 0.25) is 0 Å². The normalized spacial score (nSPS) is 9.38. The second-order valence-electron chi connectivity index (χ2n) is 3.08. The van der Waals surface area contributed by atoms with Crippen molar-refractivity contribution in [2.24, 2.45) is 0 Å². The molecule has 4 nitrogen and oxygen atoms in total. The minimum absolute atomic E-state index is 0.322. The van der Waals surface area contributed by atoms with E-state index in [-0.39, 0.29) is 5.97 Å². The lowest BCUT2D eigenvalue weighted by atomic mass is 10.1. The van der Waals surface area contributed by atoms with Gasteiger partial charge in [0.2, 0.25) is 0 Å². The highest BCUT2D eigenvalue weighted by Crippen LogP contribution is 2.21. The van der Waals surface area contributed by atoms with Crippen molar-refractivity contribution in [3.63, 3.8) is 0 Å². The number of carbonyl (C=O) groups is 1. The molecule has 0 aliphatic carbocycles. The number of hydrogen-bond acceptors (Lipinski definition) is 4. The Morgan fingerprint density at radius 2 is 2.31 bits per heavy atom. The lowest BCUT2D eigenvalue weighted by molar-refractivity contribution is 0.0527. The summed E-state index contributed by atoms with van der Waals surface area (Å²) in [5.41, 5.74) is 2.12. The first kappa shape index (κ1) is 12.1. The van der Waals surface area contributed by atoms with Crippen molar-refractivity contribution in [2.45, 2.75) is 6.92 Å². The van der Waals surface area contributed by atoms with Gasteiger partial charge in [0, 0.05) is 12.7 Å². The predicted octanol–water partition coefficient (Wildman–Crippen LogP) is 2.46. The first-order valence-corrected chi connectivity index (χ1v) is 5.09. The summed E-state index contributed by atoms with van der Waals surface area (Å²) < 4.78 is 4.95. The molecule has 0 radical (unpaired) electrons. The number of esters is 1. The second kappa shape index (κ2) is 5.80. The highest BCUT2D eigenvalue weighted by Gasteiger charge is 2.11. The molecule has 86 valence electrons. The molecule has 0 aliphatic rings. The molecule has 0 spiro atoms. The van der Waals surface area contributed by atoms with E-state index in [1.807, 2.05) is 6.07 Å². The van der Waals surface area contributed by atoms with Gasteiger partial charge in [-0.05, 0) is 31.3 Å². The summed E-state index contributed by atoms with van der Waals surface area (Å²) in [5.74, 6) is -0.322. The topological polar surface area (TPSA) is 50.4 Å². The molecule has 16 heavy (non-hydrogen) atoms. The van der Waals surface area contributed by atoms with Crippen LogP contribution in [0.3, 0.4) is 0 Å². The second-order valence-corrected chi connectivity index (χ2v) is 3.08. The average molecular weight is 220 g/mol. The van der Waals surface area contributed by atoms with Gasteiger partial charge < -0.3 is 15.4 Å². The number of carbonyl (C=O) groups excluding carboxylic acids is 1. The third kappa shape index (κ3) is 2.76. The maximum absolute atomic E-state index is 11.6. The van der Waals surface area contributed by atoms with Crippen LogP contribution in [-0.4, -0.2) is 19.6 Å². The molecule has 1 rings (SSSR count). The van der Waals surface area contributed by atoms with E-state index in [0.29, 0.717) is 12.2 Å². The zero-order valence-electron chi connectivity index (χ0n) is 9.54. The number of anilines is 2. The lowest BCUT2D eigenvalue weighted by Gasteiger charge is -2.10. The summed E-state index contributed by atoms with van der Waals surface area (Å²) in [4.78, 5) is 11.6. The fourth-order valence-corrected chi connectivity index (χ4v) is 1.35. The van der Waals surface area contributed by atoms with Gasteiger partial charge in [0.15, 0.2) is 0 Å². The van der Waals surface area contributed by atoms with Crippen molar-refractivity contribution in [3.8, 4) is 0 Å². The molecule has 0 atom stereocenters. The molecule has 0 fully saturated rings. The molecule has 0 aromatic heterocycles. The number of ether oxygens (including phenoxy) is 1. The van der Waals surface area contributed by atoms with Gasteiger partial charge in [-0.2, -0.15) is 0 Å². The van der Waals surface area contributed by atoms with Crippen molar-refractivity contribution in [2.75, 3.05) is 24.3 Å². The molecule has 0 bridgehead atoms. The van der Waals surface area contributed by atoms with Crippen molar-refractivity contribution < 1.29 is 9.53 Å². The molecule has 2 N–H and O–H groups in total. The summed E-state index contributed by atoms with van der Waals surface area (Å²) in [5, 5.41) is 5.91. The van der Waals surface area contributed by atoms with Crippen molar-refractivity contribution in [1.82, 2.24) is 0 Å². The Kier molecular flexibility index (Phi) is 4.39. The SMILES string of the molecule is C=CNc1ccc(C(=O)OCC)c(NC)c1. The Labute approximate surface area is 95.3 Å². The van der Waals surface area contributed by atoms with Gasteiger partial charge in [-0.15, -0.1) is 0 Å². The van der Waals surface area contributed by atoms with Gasteiger partial charge in [-0.1, -0.05) is 6.58 Å². The fourth-order valence-electron chi connectivity index (χ4n) is 1.35. The van der Waals surface area contributed by atoms with Gasteiger partial charge in [0.05, 0.1) is 17.9 Å². The summed E-state index contributed by atoms with van der Waals surface area (Å²) >= 11 is 0. The Bertz CT molecular complexity index is 389. The molecule has 0 unspecified atom stereocenters. The van der Waals surface area contributed by atoms with Crippen molar-refractivity contribution in [1.29, 1.82) is 0 Å². The standard InChI is InChI=1S/C12H16N2O2/c1-4-14-9-6-7-10(11(8-9)13-3)12(15)16-5-2/h4,6-8,13-14H,1,5H2,2-3H3. The van der Waals surface area contributed by atoms with Crippen LogP contribution in [0.25, 0.3) is 0 Å². The smallest absolute Gasteiger partial charge is 0.340 e. The average Bonchev–Trinajstić information content (AvgIpc) is 2.29. The number of hydrogen-bond donors (Lipinski definition) is 2. The molecular formula is C12H16N2O2. The summed E-state index contributed by atoms with van der Waals surface area (Å²) in [6.07, 6.45) is 1.58.